The normalized spacial score (nSPS) is 21.6. The standard InChI is InChI=1S/C42H76O4Si2/c1-30(2)47(31(3)4,32(5)6)45-38(26-25-37-21-17-16-18-22-37)27-28-39-36(13)29-41(40(39)23-19-14-15-20-24-42(43)44)46-48(33(7)8,34(9)10)35(11)12/h14,16-19,21-22,30-36,38-41H,15,20,23-29H2,1-13H3,(H,43,44)/b19-14-/t36-,38+,39+,40-,41+/m1/s1. The minimum absolute atomic E-state index is 0.239. The largest absolute Gasteiger partial charge is 0.481 e. The maximum Gasteiger partial charge on any atom is 0.303 e. The van der Waals surface area contributed by atoms with Gasteiger partial charge in [0.15, 0.2) is 0 Å². The average Bonchev–Trinajstić information content (AvgIpc) is 3.29. The van der Waals surface area contributed by atoms with Gasteiger partial charge in [-0.25, -0.2) is 0 Å². The fourth-order valence-corrected chi connectivity index (χ4v) is 21.3. The first-order valence-electron chi connectivity index (χ1n) is 19.8. The lowest BCUT2D eigenvalue weighted by Gasteiger charge is -2.45. The predicted octanol–water partition coefficient (Wildman–Crippen LogP) is 13.0. The number of allylic oxidation sites excluding steroid dienone is 2. The van der Waals surface area contributed by atoms with Gasteiger partial charge in [-0.3, -0.25) is 4.79 Å². The fourth-order valence-electron chi connectivity index (χ4n) is 10.1. The third kappa shape index (κ3) is 11.1. The number of carboxylic acids is 1. The van der Waals surface area contributed by atoms with Crippen LogP contribution in [0, 0.1) is 17.8 Å². The highest BCUT2D eigenvalue weighted by molar-refractivity contribution is 6.78. The number of aliphatic carboxylic acids is 1. The van der Waals surface area contributed by atoms with Crippen molar-refractivity contribution in [2.24, 2.45) is 17.8 Å². The number of hydrogen-bond donors (Lipinski definition) is 1. The molecule has 4 nitrogen and oxygen atoms in total. The van der Waals surface area contributed by atoms with Gasteiger partial charge in [0.1, 0.15) is 0 Å². The first-order valence-corrected chi connectivity index (χ1v) is 24.0. The molecule has 1 N–H and O–H groups in total. The van der Waals surface area contributed by atoms with E-state index in [4.69, 9.17) is 14.0 Å². The van der Waals surface area contributed by atoms with Gasteiger partial charge in [0.2, 0.25) is 16.6 Å². The van der Waals surface area contributed by atoms with Crippen molar-refractivity contribution in [3.8, 4) is 0 Å². The van der Waals surface area contributed by atoms with Gasteiger partial charge in [-0.1, -0.05) is 132 Å². The maximum atomic E-state index is 11.1. The summed E-state index contributed by atoms with van der Waals surface area (Å²) in [6.07, 6.45) is 13.5. The van der Waals surface area contributed by atoms with Crippen molar-refractivity contribution in [1.29, 1.82) is 0 Å². The topological polar surface area (TPSA) is 55.8 Å². The minimum Gasteiger partial charge on any atom is -0.481 e. The van der Waals surface area contributed by atoms with Crippen LogP contribution in [0.25, 0.3) is 0 Å². The van der Waals surface area contributed by atoms with E-state index < -0.39 is 22.6 Å². The molecule has 0 amide bonds. The van der Waals surface area contributed by atoms with E-state index in [1.165, 1.54) is 12.0 Å². The Bertz CT molecular complexity index is 1040. The van der Waals surface area contributed by atoms with Gasteiger partial charge in [-0.2, -0.15) is 0 Å². The van der Waals surface area contributed by atoms with Crippen LogP contribution in [-0.2, 0) is 20.1 Å². The van der Waals surface area contributed by atoms with Gasteiger partial charge < -0.3 is 14.0 Å². The molecule has 0 bridgehead atoms. The molecule has 5 atom stereocenters. The molecule has 2 rings (SSSR count). The number of carbonyl (C=O) groups is 1. The summed E-state index contributed by atoms with van der Waals surface area (Å²) in [5.74, 6) is 0.974. The van der Waals surface area contributed by atoms with Crippen LogP contribution >= 0.6 is 0 Å². The lowest BCUT2D eigenvalue weighted by molar-refractivity contribution is -0.137. The van der Waals surface area contributed by atoms with Gasteiger partial charge in [-0.15, -0.1) is 0 Å². The number of benzene rings is 1. The predicted molar refractivity (Wildman–Crippen MR) is 212 cm³/mol. The lowest BCUT2D eigenvalue weighted by Crippen LogP contribution is -2.51. The molecule has 0 aromatic heterocycles. The Morgan fingerprint density at radius 1 is 0.792 bits per heavy atom. The molecule has 6 heteroatoms. The van der Waals surface area contributed by atoms with Gasteiger partial charge in [0.25, 0.3) is 0 Å². The van der Waals surface area contributed by atoms with Gasteiger partial charge in [-0.05, 0) is 108 Å². The van der Waals surface area contributed by atoms with Crippen LogP contribution in [0.4, 0.5) is 0 Å². The lowest BCUT2D eigenvalue weighted by atomic mass is 9.83. The highest BCUT2D eigenvalue weighted by Crippen LogP contribution is 2.51. The molecule has 48 heavy (non-hydrogen) atoms. The average molecular weight is 701 g/mol. The highest BCUT2D eigenvalue weighted by atomic mass is 28.4. The number of unbranched alkanes of at least 4 members (excludes halogenated alkanes) is 1. The Kier molecular flexibility index (Phi) is 17.9. The van der Waals surface area contributed by atoms with E-state index in [1.807, 2.05) is 0 Å². The zero-order chi connectivity index (χ0) is 36.2. The number of carboxylic acid groups (broad SMARTS) is 1. The molecule has 0 heterocycles. The molecule has 1 aromatic rings. The second-order valence-electron chi connectivity index (χ2n) is 17.2. The van der Waals surface area contributed by atoms with Crippen molar-refractivity contribution < 1.29 is 18.8 Å². The van der Waals surface area contributed by atoms with E-state index in [0.717, 1.165) is 38.5 Å². The van der Waals surface area contributed by atoms with Crippen LogP contribution in [0.3, 0.4) is 0 Å². The summed E-state index contributed by atoms with van der Waals surface area (Å²) in [4.78, 5) is 11.1. The molecule has 1 fully saturated rings. The van der Waals surface area contributed by atoms with E-state index in [-0.39, 0.29) is 18.6 Å². The van der Waals surface area contributed by atoms with E-state index in [2.05, 4.69) is 132 Å². The molecule has 0 aliphatic heterocycles. The van der Waals surface area contributed by atoms with Gasteiger partial charge in [0.05, 0.1) is 0 Å². The molecule has 0 unspecified atom stereocenters. The third-order valence-electron chi connectivity index (χ3n) is 12.3. The van der Waals surface area contributed by atoms with Crippen molar-refractivity contribution in [3.63, 3.8) is 0 Å². The summed E-state index contributed by atoms with van der Waals surface area (Å²) in [5.41, 5.74) is 4.81. The van der Waals surface area contributed by atoms with Gasteiger partial charge >= 0.3 is 5.97 Å². The summed E-state index contributed by atoms with van der Waals surface area (Å²) in [6.45, 7) is 31.4. The van der Waals surface area contributed by atoms with E-state index in [9.17, 15) is 4.79 Å². The molecule has 1 aliphatic carbocycles. The van der Waals surface area contributed by atoms with E-state index in [0.29, 0.717) is 57.4 Å². The van der Waals surface area contributed by atoms with Crippen LogP contribution in [0.1, 0.15) is 147 Å². The van der Waals surface area contributed by atoms with E-state index >= 15 is 0 Å². The molecule has 0 saturated heterocycles. The first kappa shape index (κ1) is 42.9. The molecule has 1 aliphatic rings. The quantitative estimate of drug-likeness (QED) is 0.0743. The first-order chi connectivity index (χ1) is 22.5. The fraction of sp³-hybridized carbons (Fsp3) is 0.786. The van der Waals surface area contributed by atoms with Crippen LogP contribution < -0.4 is 0 Å². The summed E-state index contributed by atoms with van der Waals surface area (Å²) in [7, 11) is -4.08. The number of aryl methyl sites for hydroxylation is 1. The zero-order valence-electron chi connectivity index (χ0n) is 33.4. The summed E-state index contributed by atoms with van der Waals surface area (Å²) in [5, 5.41) is 9.11. The van der Waals surface area contributed by atoms with E-state index in [1.54, 1.807) is 0 Å². The number of hydrogen-bond acceptors (Lipinski definition) is 3. The monoisotopic (exact) mass is 701 g/mol. The van der Waals surface area contributed by atoms with Crippen molar-refractivity contribution >= 4 is 22.6 Å². The Balaban J connectivity index is 2.41. The molecule has 1 saturated carbocycles. The second kappa shape index (κ2) is 20.0. The Morgan fingerprint density at radius 2 is 1.33 bits per heavy atom. The second-order valence-corrected chi connectivity index (χ2v) is 28.0. The maximum absolute atomic E-state index is 11.1. The Morgan fingerprint density at radius 3 is 1.83 bits per heavy atom. The van der Waals surface area contributed by atoms with Crippen molar-refractivity contribution in [2.45, 2.75) is 193 Å². The molecule has 0 radical (unpaired) electrons. The molecule has 276 valence electrons. The van der Waals surface area contributed by atoms with Gasteiger partial charge in [0, 0.05) is 18.6 Å². The highest BCUT2D eigenvalue weighted by Gasteiger charge is 2.51. The van der Waals surface area contributed by atoms with Crippen LogP contribution in [0.5, 0.6) is 0 Å². The summed E-state index contributed by atoms with van der Waals surface area (Å²) < 4.78 is 15.2. The SMILES string of the molecule is CC(C)[Si](O[C@@H](CCc1ccccc1)CC[C@@H]1[C@@H](C/C=C\CCCC(=O)O)[C@@H](O[Si](C(C)C)(C(C)C)C(C)C)C[C@H]1C)(C(C)C)C(C)C. The molecule has 0 spiro atoms. The summed E-state index contributed by atoms with van der Waals surface area (Å²) >= 11 is 0. The van der Waals surface area contributed by atoms with Crippen molar-refractivity contribution in [3.05, 3.63) is 48.0 Å². The molecular weight excluding hydrogens is 625 g/mol. The smallest absolute Gasteiger partial charge is 0.303 e. The van der Waals surface area contributed by atoms with Crippen LogP contribution in [0.2, 0.25) is 33.2 Å². The van der Waals surface area contributed by atoms with Crippen LogP contribution in [0.15, 0.2) is 42.5 Å². The van der Waals surface area contributed by atoms with Crippen molar-refractivity contribution in [2.75, 3.05) is 0 Å². The Hall–Kier alpha value is -1.22. The molecule has 1 aromatic carbocycles. The molecular formula is C42H76O4Si2. The zero-order valence-corrected chi connectivity index (χ0v) is 35.4. The summed E-state index contributed by atoms with van der Waals surface area (Å²) in [6, 6.07) is 11.0. The third-order valence-corrected chi connectivity index (χ3v) is 24.5. The van der Waals surface area contributed by atoms with Crippen molar-refractivity contribution in [1.82, 2.24) is 0 Å². The number of rotatable bonds is 22. The Labute approximate surface area is 299 Å². The van der Waals surface area contributed by atoms with Crippen LogP contribution in [-0.4, -0.2) is 39.9 Å². The minimum atomic E-state index is -2.04.